The van der Waals surface area contributed by atoms with Crippen LogP contribution in [0.4, 0.5) is 5.69 Å². The predicted molar refractivity (Wildman–Crippen MR) is 90.3 cm³/mol. The average Bonchev–Trinajstić information content (AvgIpc) is 2.41. The number of hydrogen-bond acceptors (Lipinski definition) is 2. The Morgan fingerprint density at radius 2 is 1.65 bits per heavy atom. The van der Waals surface area contributed by atoms with Gasteiger partial charge in [-0.15, -0.1) is 0 Å². The van der Waals surface area contributed by atoms with Gasteiger partial charge in [-0.1, -0.05) is 61.5 Å². The van der Waals surface area contributed by atoms with Crippen LogP contribution in [0.5, 0.6) is 0 Å². The van der Waals surface area contributed by atoms with Gasteiger partial charge in [-0.3, -0.25) is 0 Å². The normalized spacial score (nSPS) is 11.9. The fourth-order valence-electron chi connectivity index (χ4n) is 2.05. The number of thioether (sulfide) groups is 1. The van der Waals surface area contributed by atoms with E-state index in [-0.39, 0.29) is 0 Å². The van der Waals surface area contributed by atoms with Crippen molar-refractivity contribution in [2.24, 2.45) is 4.99 Å². The van der Waals surface area contributed by atoms with E-state index in [9.17, 15) is 0 Å². The minimum absolute atomic E-state index is 0.493. The van der Waals surface area contributed by atoms with Gasteiger partial charge >= 0.3 is 0 Å². The van der Waals surface area contributed by atoms with E-state index in [4.69, 9.17) is 4.99 Å². The van der Waals surface area contributed by atoms with Crippen molar-refractivity contribution < 1.29 is 0 Å². The highest BCUT2D eigenvalue weighted by Gasteiger charge is 2.05. The average molecular weight is 283 g/mol. The number of benzene rings is 2. The topological polar surface area (TPSA) is 12.4 Å². The van der Waals surface area contributed by atoms with Crippen molar-refractivity contribution in [3.63, 3.8) is 0 Å². The third-order valence-corrected chi connectivity index (χ3v) is 4.02. The molecule has 0 aliphatic carbocycles. The van der Waals surface area contributed by atoms with Gasteiger partial charge in [0.2, 0.25) is 0 Å². The molecule has 0 N–H and O–H groups in total. The van der Waals surface area contributed by atoms with Crippen LogP contribution in [-0.4, -0.2) is 5.04 Å². The fraction of sp³-hybridized carbons (Fsp3) is 0.278. The molecule has 0 bridgehead atoms. The second-order valence-corrected chi connectivity index (χ2v) is 6.53. The Hall–Kier alpha value is -1.54. The monoisotopic (exact) mass is 283 g/mol. The summed E-state index contributed by atoms with van der Waals surface area (Å²) >= 11 is 1.72. The zero-order chi connectivity index (χ0) is 14.5. The third-order valence-electron chi connectivity index (χ3n) is 3.12. The van der Waals surface area contributed by atoms with Gasteiger partial charge in [-0.05, 0) is 43.5 Å². The molecule has 0 aromatic heterocycles. The molecule has 1 nitrogen and oxygen atoms in total. The maximum atomic E-state index is 4.78. The van der Waals surface area contributed by atoms with E-state index in [1.54, 1.807) is 11.8 Å². The van der Waals surface area contributed by atoms with Crippen LogP contribution in [0.2, 0.25) is 0 Å². The first kappa shape index (κ1) is 14.9. The summed E-state index contributed by atoms with van der Waals surface area (Å²) in [4.78, 5) is 6.01. The van der Waals surface area contributed by atoms with E-state index in [1.807, 2.05) is 0 Å². The van der Waals surface area contributed by atoms with Crippen LogP contribution < -0.4 is 0 Å². The first-order valence-electron chi connectivity index (χ1n) is 6.95. The van der Waals surface area contributed by atoms with E-state index in [0.717, 1.165) is 10.7 Å². The van der Waals surface area contributed by atoms with Crippen molar-refractivity contribution in [3.8, 4) is 0 Å². The molecule has 2 heteroatoms. The lowest BCUT2D eigenvalue weighted by Gasteiger charge is -2.09. The molecule has 0 atom stereocenters. The molecule has 0 unspecified atom stereocenters. The Morgan fingerprint density at radius 1 is 1.00 bits per heavy atom. The first-order valence-corrected chi connectivity index (χ1v) is 7.76. The van der Waals surface area contributed by atoms with E-state index in [0.29, 0.717) is 5.92 Å². The summed E-state index contributed by atoms with van der Waals surface area (Å²) < 4.78 is 0. The number of para-hydroxylation sites is 1. The van der Waals surface area contributed by atoms with Crippen molar-refractivity contribution >= 4 is 22.5 Å². The standard InChI is InChI=1S/C18H21NS/c1-13(2)17-7-5-6-8-18(17)19-15(4)20-16-11-9-14(3)10-12-16/h5-13H,1-4H3. The summed E-state index contributed by atoms with van der Waals surface area (Å²) in [5.41, 5.74) is 3.67. The van der Waals surface area contributed by atoms with Gasteiger partial charge < -0.3 is 0 Å². The van der Waals surface area contributed by atoms with Gasteiger partial charge in [-0.25, -0.2) is 4.99 Å². The van der Waals surface area contributed by atoms with Crippen molar-refractivity contribution in [3.05, 3.63) is 59.7 Å². The maximum Gasteiger partial charge on any atom is 0.0755 e. The lowest BCUT2D eigenvalue weighted by atomic mass is 10.0. The minimum Gasteiger partial charge on any atom is -0.246 e. The second kappa shape index (κ2) is 6.76. The lowest BCUT2D eigenvalue weighted by molar-refractivity contribution is 0.867. The smallest absolute Gasteiger partial charge is 0.0755 e. The highest BCUT2D eigenvalue weighted by Crippen LogP contribution is 2.29. The summed E-state index contributed by atoms with van der Waals surface area (Å²) in [6.07, 6.45) is 0. The largest absolute Gasteiger partial charge is 0.246 e. The predicted octanol–water partition coefficient (Wildman–Crippen LogP) is 5.96. The zero-order valence-electron chi connectivity index (χ0n) is 12.6. The Morgan fingerprint density at radius 3 is 2.30 bits per heavy atom. The maximum absolute atomic E-state index is 4.78. The molecule has 0 saturated heterocycles. The van der Waals surface area contributed by atoms with Gasteiger partial charge in [0.15, 0.2) is 0 Å². The fourth-order valence-corrected chi connectivity index (χ4v) is 2.80. The van der Waals surface area contributed by atoms with Crippen molar-refractivity contribution in [2.75, 3.05) is 0 Å². The summed E-state index contributed by atoms with van der Waals surface area (Å²) in [5, 5.41) is 1.07. The van der Waals surface area contributed by atoms with Gasteiger partial charge in [0.05, 0.1) is 10.7 Å². The lowest BCUT2D eigenvalue weighted by Crippen LogP contribution is -1.90. The summed E-state index contributed by atoms with van der Waals surface area (Å²) in [6, 6.07) is 16.9. The van der Waals surface area contributed by atoms with Crippen molar-refractivity contribution in [1.29, 1.82) is 0 Å². The quantitative estimate of drug-likeness (QED) is 0.384. The SMILES string of the molecule is CC(=Nc1ccccc1C(C)C)Sc1ccc(C)cc1. The molecular formula is C18H21NS. The summed E-state index contributed by atoms with van der Waals surface area (Å²) in [5.74, 6) is 0.493. The number of aryl methyl sites for hydroxylation is 1. The summed E-state index contributed by atoms with van der Waals surface area (Å²) in [6.45, 7) is 8.59. The minimum atomic E-state index is 0.493. The van der Waals surface area contributed by atoms with Crippen LogP contribution in [0.15, 0.2) is 58.4 Å². The van der Waals surface area contributed by atoms with Crippen molar-refractivity contribution in [1.82, 2.24) is 0 Å². The molecule has 0 spiro atoms. The van der Waals surface area contributed by atoms with Gasteiger partial charge in [-0.2, -0.15) is 0 Å². The first-order chi connectivity index (χ1) is 9.56. The number of hydrogen-bond donors (Lipinski definition) is 0. The van der Waals surface area contributed by atoms with E-state index < -0.39 is 0 Å². The van der Waals surface area contributed by atoms with Gasteiger partial charge in [0.25, 0.3) is 0 Å². The summed E-state index contributed by atoms with van der Waals surface area (Å²) in [7, 11) is 0. The van der Waals surface area contributed by atoms with E-state index in [1.165, 1.54) is 16.0 Å². The molecule has 2 aromatic rings. The highest BCUT2D eigenvalue weighted by molar-refractivity contribution is 8.13. The Labute approximate surface area is 126 Å². The molecule has 0 aliphatic rings. The van der Waals surface area contributed by atoms with Crippen molar-refractivity contribution in [2.45, 2.75) is 38.5 Å². The highest BCUT2D eigenvalue weighted by atomic mass is 32.2. The molecule has 2 rings (SSSR count). The van der Waals surface area contributed by atoms with Gasteiger partial charge in [0.1, 0.15) is 0 Å². The van der Waals surface area contributed by atoms with Crippen LogP contribution in [-0.2, 0) is 0 Å². The third kappa shape index (κ3) is 3.97. The van der Waals surface area contributed by atoms with E-state index in [2.05, 4.69) is 76.2 Å². The Kier molecular flexibility index (Phi) is 5.02. The van der Waals surface area contributed by atoms with Crippen LogP contribution in [0, 0.1) is 6.92 Å². The molecule has 0 heterocycles. The second-order valence-electron chi connectivity index (χ2n) is 5.26. The van der Waals surface area contributed by atoms with Crippen LogP contribution in [0.1, 0.15) is 37.8 Å². The van der Waals surface area contributed by atoms with E-state index >= 15 is 0 Å². The van der Waals surface area contributed by atoms with Crippen LogP contribution >= 0.6 is 11.8 Å². The number of rotatable bonds is 3. The van der Waals surface area contributed by atoms with Crippen LogP contribution in [0.25, 0.3) is 0 Å². The Bertz CT molecular complexity index is 597. The number of nitrogens with zero attached hydrogens (tertiary/aromatic N) is 1. The molecule has 0 amide bonds. The molecule has 0 radical (unpaired) electrons. The molecule has 20 heavy (non-hydrogen) atoms. The molecule has 2 aromatic carbocycles. The molecule has 0 fully saturated rings. The Balaban J connectivity index is 2.20. The van der Waals surface area contributed by atoms with Gasteiger partial charge in [0, 0.05) is 4.90 Å². The number of aliphatic imine (C=N–C) groups is 1. The van der Waals surface area contributed by atoms with Crippen LogP contribution in [0.3, 0.4) is 0 Å². The molecular weight excluding hydrogens is 262 g/mol. The zero-order valence-corrected chi connectivity index (χ0v) is 13.4. The molecule has 0 saturated carbocycles. The molecule has 0 aliphatic heterocycles. The molecule has 104 valence electrons.